The Balaban J connectivity index is 2.07. The summed E-state index contributed by atoms with van der Waals surface area (Å²) in [4.78, 5) is 0. The predicted molar refractivity (Wildman–Crippen MR) is 72.0 cm³/mol. The van der Waals surface area contributed by atoms with Crippen molar-refractivity contribution in [3.8, 4) is 0 Å². The van der Waals surface area contributed by atoms with Crippen LogP contribution in [0.5, 0.6) is 0 Å². The van der Waals surface area contributed by atoms with Crippen molar-refractivity contribution in [3.63, 3.8) is 0 Å². The molecule has 1 aliphatic heterocycles. The molecule has 10 N–H and O–H groups in total. The molecule has 2 fully saturated rings. The maximum atomic E-state index is 10.2. The average Bonchev–Trinajstić information content (AvgIpc) is 2.51. The summed E-state index contributed by atoms with van der Waals surface area (Å²) in [6, 6.07) is -0.568. The van der Waals surface area contributed by atoms with Crippen molar-refractivity contribution in [1.29, 1.82) is 0 Å². The number of rotatable bonds is 4. The Morgan fingerprint density at radius 2 is 1.82 bits per heavy atom. The van der Waals surface area contributed by atoms with Crippen molar-refractivity contribution in [3.05, 3.63) is 0 Å². The highest BCUT2D eigenvalue weighted by Gasteiger charge is 2.48. The normalized spacial score (nSPS) is 50.0. The SMILES string of the molecule is COC1OC[C@@H](O)[C@@H](O[C@H]2C[C@@H](C[NH3+])[C@@H](O)[C@H](O)[C@H]2[NH3+])[C@H]1O. The zero-order valence-electron chi connectivity index (χ0n) is 12.7. The summed E-state index contributed by atoms with van der Waals surface area (Å²) in [5.41, 5.74) is 7.62. The summed E-state index contributed by atoms with van der Waals surface area (Å²) in [5.74, 6) is -0.217. The van der Waals surface area contributed by atoms with Crippen molar-refractivity contribution in [2.45, 2.75) is 55.4 Å². The summed E-state index contributed by atoms with van der Waals surface area (Å²) in [6.07, 6.45) is -5.91. The maximum absolute atomic E-state index is 10.2. The van der Waals surface area contributed by atoms with Gasteiger partial charge in [0.1, 0.15) is 36.6 Å². The molecule has 22 heavy (non-hydrogen) atoms. The number of ether oxygens (including phenoxy) is 3. The van der Waals surface area contributed by atoms with E-state index in [1.807, 2.05) is 0 Å². The minimum absolute atomic E-state index is 0.0152. The van der Waals surface area contributed by atoms with Gasteiger partial charge in [0.2, 0.25) is 0 Å². The molecular weight excluding hydrogens is 296 g/mol. The van der Waals surface area contributed by atoms with Crippen LogP contribution in [0.4, 0.5) is 0 Å². The van der Waals surface area contributed by atoms with E-state index in [9.17, 15) is 20.4 Å². The lowest BCUT2D eigenvalue weighted by Gasteiger charge is -2.43. The predicted octanol–water partition coefficient (Wildman–Crippen LogP) is -4.94. The second kappa shape index (κ2) is 7.47. The number of methoxy groups -OCH3 is 1. The van der Waals surface area contributed by atoms with E-state index >= 15 is 0 Å². The maximum Gasteiger partial charge on any atom is 0.185 e. The van der Waals surface area contributed by atoms with Gasteiger partial charge in [0.15, 0.2) is 6.29 Å². The van der Waals surface area contributed by atoms with E-state index in [0.717, 1.165) is 0 Å². The van der Waals surface area contributed by atoms with Gasteiger partial charge < -0.3 is 46.1 Å². The first-order valence-corrected chi connectivity index (χ1v) is 7.55. The Kier molecular flexibility index (Phi) is 6.11. The van der Waals surface area contributed by atoms with Crippen LogP contribution in [0.1, 0.15) is 6.42 Å². The fourth-order valence-electron chi connectivity index (χ4n) is 3.16. The molecule has 0 amide bonds. The molecule has 0 aromatic rings. The molecule has 0 aromatic carbocycles. The van der Waals surface area contributed by atoms with Gasteiger partial charge in [-0.1, -0.05) is 0 Å². The topological polar surface area (TPSA) is 164 Å². The second-order valence-electron chi connectivity index (χ2n) is 6.06. The van der Waals surface area contributed by atoms with Crippen LogP contribution in [0.3, 0.4) is 0 Å². The average molecular weight is 324 g/mol. The second-order valence-corrected chi connectivity index (χ2v) is 6.06. The molecular formula is C13H28N2O7+2. The van der Waals surface area contributed by atoms with Crippen molar-refractivity contribution < 1.29 is 46.1 Å². The minimum Gasteiger partial charge on any atom is -0.390 e. The van der Waals surface area contributed by atoms with Crippen LogP contribution in [0.2, 0.25) is 0 Å². The number of hydrogen-bond acceptors (Lipinski definition) is 7. The zero-order chi connectivity index (χ0) is 16.4. The van der Waals surface area contributed by atoms with Gasteiger partial charge in [0.25, 0.3) is 0 Å². The molecule has 1 saturated heterocycles. The van der Waals surface area contributed by atoms with Gasteiger partial charge in [0, 0.05) is 13.0 Å². The van der Waals surface area contributed by atoms with Crippen LogP contribution < -0.4 is 11.5 Å². The lowest BCUT2D eigenvalue weighted by Crippen LogP contribution is -2.78. The van der Waals surface area contributed by atoms with Gasteiger partial charge in [-0.2, -0.15) is 0 Å². The van der Waals surface area contributed by atoms with Gasteiger partial charge in [-0.25, -0.2) is 0 Å². The Morgan fingerprint density at radius 3 is 2.41 bits per heavy atom. The Labute approximate surface area is 128 Å². The van der Waals surface area contributed by atoms with E-state index in [1.165, 1.54) is 7.11 Å². The highest BCUT2D eigenvalue weighted by Crippen LogP contribution is 2.29. The quantitative estimate of drug-likeness (QED) is 0.301. The molecule has 0 spiro atoms. The van der Waals surface area contributed by atoms with Gasteiger partial charge in [-0.05, 0) is 6.42 Å². The van der Waals surface area contributed by atoms with Crippen molar-refractivity contribution in [2.75, 3.05) is 20.3 Å². The smallest absolute Gasteiger partial charge is 0.185 e. The van der Waals surface area contributed by atoms with E-state index < -0.39 is 49.0 Å². The molecule has 130 valence electrons. The Morgan fingerprint density at radius 1 is 1.14 bits per heavy atom. The lowest BCUT2D eigenvalue weighted by molar-refractivity contribution is -0.479. The van der Waals surface area contributed by atoms with E-state index in [4.69, 9.17) is 14.2 Å². The number of aliphatic hydroxyl groups is 4. The lowest BCUT2D eigenvalue weighted by atomic mass is 9.79. The van der Waals surface area contributed by atoms with Crippen LogP contribution in [-0.4, -0.2) is 89.6 Å². The summed E-state index contributed by atoms with van der Waals surface area (Å²) in [6.45, 7) is 0.434. The van der Waals surface area contributed by atoms with Crippen molar-refractivity contribution in [1.82, 2.24) is 0 Å². The zero-order valence-corrected chi connectivity index (χ0v) is 12.7. The highest BCUT2D eigenvalue weighted by atomic mass is 16.7. The van der Waals surface area contributed by atoms with Gasteiger partial charge >= 0.3 is 0 Å². The van der Waals surface area contributed by atoms with Gasteiger partial charge in [-0.15, -0.1) is 0 Å². The third-order valence-corrected chi connectivity index (χ3v) is 4.65. The molecule has 2 aliphatic rings. The first-order valence-electron chi connectivity index (χ1n) is 7.55. The molecule has 0 radical (unpaired) electrons. The molecule has 0 bridgehead atoms. The molecule has 9 heteroatoms. The third kappa shape index (κ3) is 3.42. The molecule has 0 aromatic heterocycles. The van der Waals surface area contributed by atoms with E-state index in [2.05, 4.69) is 11.5 Å². The molecule has 1 aliphatic carbocycles. The standard InChI is InChI=1S/C13H26N2O7/c1-20-13-11(19)12(6(16)4-21-13)22-7-2-5(3-14)9(17)10(18)8(7)15/h5-13,16-19H,2-4,14-15H2,1H3/p+2/t5-,6+,7-,8-,9+,10+,11+,12+,13?/m0/s1. The molecule has 9 atom stereocenters. The largest absolute Gasteiger partial charge is 0.390 e. The first-order chi connectivity index (χ1) is 10.4. The fourth-order valence-corrected chi connectivity index (χ4v) is 3.16. The van der Waals surface area contributed by atoms with E-state index in [-0.39, 0.29) is 12.5 Å². The summed E-state index contributed by atoms with van der Waals surface area (Å²) >= 11 is 0. The molecule has 9 nitrogen and oxygen atoms in total. The number of aliphatic hydroxyl groups excluding tert-OH is 4. The molecule has 1 heterocycles. The molecule has 2 rings (SSSR count). The van der Waals surface area contributed by atoms with Gasteiger partial charge in [-0.3, -0.25) is 0 Å². The summed E-state index contributed by atoms with van der Waals surface area (Å²) in [5, 5.41) is 40.3. The fraction of sp³-hybridized carbons (Fsp3) is 1.00. The Bertz CT molecular complexity index is 359. The van der Waals surface area contributed by atoms with E-state index in [1.54, 1.807) is 0 Å². The van der Waals surface area contributed by atoms with Crippen LogP contribution in [0.15, 0.2) is 0 Å². The Hall–Kier alpha value is -0.360. The van der Waals surface area contributed by atoms with Crippen LogP contribution >= 0.6 is 0 Å². The van der Waals surface area contributed by atoms with Crippen LogP contribution in [0.25, 0.3) is 0 Å². The monoisotopic (exact) mass is 324 g/mol. The van der Waals surface area contributed by atoms with Crippen molar-refractivity contribution in [2.24, 2.45) is 5.92 Å². The van der Waals surface area contributed by atoms with Crippen molar-refractivity contribution >= 4 is 0 Å². The minimum atomic E-state index is -1.15. The van der Waals surface area contributed by atoms with Crippen LogP contribution in [-0.2, 0) is 14.2 Å². The van der Waals surface area contributed by atoms with E-state index in [0.29, 0.717) is 13.0 Å². The molecule has 1 saturated carbocycles. The third-order valence-electron chi connectivity index (χ3n) is 4.65. The highest BCUT2D eigenvalue weighted by molar-refractivity contribution is 4.94. The van der Waals surface area contributed by atoms with Crippen LogP contribution in [0, 0.1) is 5.92 Å². The molecule has 1 unspecified atom stereocenters. The first kappa shape index (κ1) is 18.0. The summed E-state index contributed by atoms with van der Waals surface area (Å²) in [7, 11) is 1.40. The number of quaternary nitrogens is 2. The summed E-state index contributed by atoms with van der Waals surface area (Å²) < 4.78 is 16.0. The number of hydrogen-bond donors (Lipinski definition) is 6. The van der Waals surface area contributed by atoms with Gasteiger partial charge in [0.05, 0.1) is 19.3 Å².